The van der Waals surface area contributed by atoms with Crippen molar-refractivity contribution in [2.45, 2.75) is 13.0 Å². The van der Waals surface area contributed by atoms with Gasteiger partial charge in [-0.15, -0.1) is 0 Å². The first-order valence-corrected chi connectivity index (χ1v) is 5.62. The van der Waals surface area contributed by atoms with Gasteiger partial charge < -0.3 is 9.32 Å². The molecule has 1 aliphatic heterocycles. The number of fused-ring (bicyclic) bond motifs is 1. The van der Waals surface area contributed by atoms with E-state index >= 15 is 0 Å². The lowest BCUT2D eigenvalue weighted by Crippen LogP contribution is -2.44. The lowest BCUT2D eigenvalue weighted by Gasteiger charge is -2.30. The molecule has 5 heteroatoms. The molecular weight excluding hydrogens is 220 g/mol. The van der Waals surface area contributed by atoms with Gasteiger partial charge in [0.25, 0.3) is 0 Å². The summed E-state index contributed by atoms with van der Waals surface area (Å²) in [7, 11) is 0. The summed E-state index contributed by atoms with van der Waals surface area (Å²) in [6, 6.07) is 7.12. The summed E-state index contributed by atoms with van der Waals surface area (Å²) < 4.78 is 6.45. The van der Waals surface area contributed by atoms with Crippen molar-refractivity contribution in [1.82, 2.24) is 9.47 Å². The highest BCUT2D eigenvalue weighted by atomic mass is 16.4. The molecule has 5 nitrogen and oxygen atoms in total. The van der Waals surface area contributed by atoms with Gasteiger partial charge >= 0.3 is 5.76 Å². The average molecular weight is 232 g/mol. The molecule has 0 aliphatic carbocycles. The Labute approximate surface area is 97.2 Å². The van der Waals surface area contributed by atoms with Gasteiger partial charge in [-0.3, -0.25) is 9.36 Å². The van der Waals surface area contributed by atoms with Crippen molar-refractivity contribution in [2.75, 3.05) is 13.1 Å². The predicted octanol–water partition coefficient (Wildman–Crippen LogP) is 0.827. The summed E-state index contributed by atoms with van der Waals surface area (Å²) in [5.41, 5.74) is 1.19. The molecule has 88 valence electrons. The van der Waals surface area contributed by atoms with Gasteiger partial charge in [0.05, 0.1) is 5.52 Å². The minimum Gasteiger partial charge on any atom is -0.408 e. The van der Waals surface area contributed by atoms with Gasteiger partial charge in [-0.1, -0.05) is 12.1 Å². The van der Waals surface area contributed by atoms with E-state index in [-0.39, 0.29) is 12.5 Å². The first kappa shape index (κ1) is 10.1. The predicted molar refractivity (Wildman–Crippen MR) is 61.7 cm³/mol. The number of carbonyl (C=O) groups is 1. The third kappa shape index (κ3) is 1.63. The van der Waals surface area contributed by atoms with Crippen molar-refractivity contribution in [3.63, 3.8) is 0 Å². The Morgan fingerprint density at radius 3 is 2.76 bits per heavy atom. The van der Waals surface area contributed by atoms with Crippen molar-refractivity contribution < 1.29 is 9.21 Å². The summed E-state index contributed by atoms with van der Waals surface area (Å²) in [6.07, 6.45) is 1.05. The van der Waals surface area contributed by atoms with E-state index in [1.807, 2.05) is 6.07 Å². The van der Waals surface area contributed by atoms with E-state index in [9.17, 15) is 9.59 Å². The normalized spacial score (nSPS) is 14.9. The van der Waals surface area contributed by atoms with Crippen LogP contribution in [-0.2, 0) is 11.3 Å². The van der Waals surface area contributed by atoms with Gasteiger partial charge in [-0.05, 0) is 18.6 Å². The Balaban J connectivity index is 1.96. The minimum atomic E-state index is -0.472. The maximum Gasteiger partial charge on any atom is 0.420 e. The zero-order valence-electron chi connectivity index (χ0n) is 9.26. The maximum atomic E-state index is 11.8. The number of nitrogens with zero attached hydrogens (tertiary/aromatic N) is 2. The monoisotopic (exact) mass is 232 g/mol. The molecule has 0 N–H and O–H groups in total. The molecule has 1 fully saturated rings. The van der Waals surface area contributed by atoms with Crippen LogP contribution in [0.2, 0.25) is 0 Å². The molecule has 1 aromatic carbocycles. The highest BCUT2D eigenvalue weighted by Crippen LogP contribution is 2.13. The number of para-hydroxylation sites is 2. The smallest absolute Gasteiger partial charge is 0.408 e. The van der Waals surface area contributed by atoms with E-state index in [1.54, 1.807) is 23.1 Å². The van der Waals surface area contributed by atoms with Crippen LogP contribution in [0.1, 0.15) is 6.42 Å². The molecule has 2 aromatic rings. The van der Waals surface area contributed by atoms with Crippen molar-refractivity contribution in [2.24, 2.45) is 0 Å². The first-order chi connectivity index (χ1) is 8.25. The van der Waals surface area contributed by atoms with E-state index in [1.165, 1.54) is 4.57 Å². The Kier molecular flexibility index (Phi) is 2.24. The number of likely N-dealkylation sites (tertiary alicyclic amines) is 1. The van der Waals surface area contributed by atoms with E-state index < -0.39 is 5.76 Å². The second-order valence-electron chi connectivity index (χ2n) is 4.16. The number of aromatic nitrogens is 1. The fourth-order valence-electron chi connectivity index (χ4n) is 1.96. The number of hydrogen-bond acceptors (Lipinski definition) is 3. The summed E-state index contributed by atoms with van der Waals surface area (Å²) in [5.74, 6) is -0.495. The zero-order valence-corrected chi connectivity index (χ0v) is 9.26. The Bertz CT molecular complexity index is 622. The number of rotatable bonds is 2. The molecule has 0 atom stereocenters. The van der Waals surface area contributed by atoms with Gasteiger partial charge in [0.15, 0.2) is 5.58 Å². The molecule has 0 radical (unpaired) electrons. The van der Waals surface area contributed by atoms with Crippen LogP contribution in [0.3, 0.4) is 0 Å². The highest BCUT2D eigenvalue weighted by Gasteiger charge is 2.22. The lowest BCUT2D eigenvalue weighted by atomic mass is 10.2. The molecule has 0 bridgehead atoms. The summed E-state index contributed by atoms with van der Waals surface area (Å²) >= 11 is 0. The Morgan fingerprint density at radius 1 is 1.29 bits per heavy atom. The van der Waals surface area contributed by atoms with E-state index in [4.69, 9.17) is 4.42 Å². The van der Waals surface area contributed by atoms with Crippen LogP contribution in [0.4, 0.5) is 0 Å². The fourth-order valence-corrected chi connectivity index (χ4v) is 1.96. The maximum absolute atomic E-state index is 11.8. The largest absolute Gasteiger partial charge is 0.420 e. The zero-order chi connectivity index (χ0) is 11.8. The first-order valence-electron chi connectivity index (χ1n) is 5.62. The fraction of sp³-hybridized carbons (Fsp3) is 0.333. The van der Waals surface area contributed by atoms with Crippen molar-refractivity contribution in [3.05, 3.63) is 34.8 Å². The van der Waals surface area contributed by atoms with Crippen LogP contribution in [0.25, 0.3) is 11.1 Å². The van der Waals surface area contributed by atoms with Crippen LogP contribution in [0.5, 0.6) is 0 Å². The van der Waals surface area contributed by atoms with Crippen LogP contribution < -0.4 is 5.76 Å². The second-order valence-corrected chi connectivity index (χ2v) is 4.16. The van der Waals surface area contributed by atoms with E-state index in [0.717, 1.165) is 19.5 Å². The van der Waals surface area contributed by atoms with E-state index in [2.05, 4.69) is 0 Å². The molecule has 17 heavy (non-hydrogen) atoms. The number of hydrogen-bond donors (Lipinski definition) is 0. The number of oxazole rings is 1. The summed E-state index contributed by atoms with van der Waals surface area (Å²) in [6.45, 7) is 1.66. The van der Waals surface area contributed by atoms with Gasteiger partial charge in [0.2, 0.25) is 5.91 Å². The molecular formula is C12H12N2O3. The summed E-state index contributed by atoms with van der Waals surface area (Å²) in [4.78, 5) is 25.2. The third-order valence-corrected chi connectivity index (χ3v) is 3.08. The third-order valence-electron chi connectivity index (χ3n) is 3.08. The van der Waals surface area contributed by atoms with Crippen LogP contribution in [-0.4, -0.2) is 28.5 Å². The van der Waals surface area contributed by atoms with Gasteiger partial charge in [0.1, 0.15) is 6.54 Å². The standard InChI is InChI=1S/C12H12N2O3/c15-11(13-6-3-7-13)8-14-9-4-1-2-5-10(9)17-12(14)16/h1-2,4-5H,3,6-8H2. The van der Waals surface area contributed by atoms with Crippen LogP contribution in [0, 0.1) is 0 Å². The molecule has 2 heterocycles. The molecule has 1 aromatic heterocycles. The second kappa shape index (κ2) is 3.76. The number of carbonyl (C=O) groups excluding carboxylic acids is 1. The Hall–Kier alpha value is -2.04. The van der Waals surface area contributed by atoms with E-state index in [0.29, 0.717) is 11.1 Å². The molecule has 0 saturated carbocycles. The van der Waals surface area contributed by atoms with Gasteiger partial charge in [-0.25, -0.2) is 4.79 Å². The van der Waals surface area contributed by atoms with Crippen LogP contribution in [0.15, 0.2) is 33.5 Å². The summed E-state index contributed by atoms with van der Waals surface area (Å²) in [5, 5.41) is 0. The Morgan fingerprint density at radius 2 is 2.06 bits per heavy atom. The molecule has 1 saturated heterocycles. The molecule has 3 rings (SSSR count). The number of benzene rings is 1. The quantitative estimate of drug-likeness (QED) is 0.770. The van der Waals surface area contributed by atoms with Crippen molar-refractivity contribution in [1.29, 1.82) is 0 Å². The molecule has 0 unspecified atom stereocenters. The molecule has 0 spiro atoms. The number of amides is 1. The highest BCUT2D eigenvalue weighted by molar-refractivity contribution is 5.80. The SMILES string of the molecule is O=C(Cn1c(=O)oc2ccccc21)N1CCC1. The molecule has 1 aliphatic rings. The minimum absolute atomic E-state index is 0.0232. The molecule has 1 amide bonds. The lowest BCUT2D eigenvalue weighted by molar-refractivity contribution is -0.135. The average Bonchev–Trinajstić information content (AvgIpc) is 2.53. The van der Waals surface area contributed by atoms with Crippen molar-refractivity contribution >= 4 is 17.0 Å². The topological polar surface area (TPSA) is 55.5 Å². The van der Waals surface area contributed by atoms with Gasteiger partial charge in [0, 0.05) is 13.1 Å². The van der Waals surface area contributed by atoms with Crippen molar-refractivity contribution in [3.8, 4) is 0 Å². The van der Waals surface area contributed by atoms with Crippen LogP contribution >= 0.6 is 0 Å². The van der Waals surface area contributed by atoms with Gasteiger partial charge in [-0.2, -0.15) is 0 Å².